The van der Waals surface area contributed by atoms with E-state index >= 15 is 0 Å². The van der Waals surface area contributed by atoms with Crippen LogP contribution in [-0.2, 0) is 13.2 Å². The Hall–Kier alpha value is -3.36. The molecule has 2 aromatic heterocycles. The van der Waals surface area contributed by atoms with E-state index in [9.17, 15) is 18.0 Å². The minimum absolute atomic E-state index is 0.179. The number of carbonyl (C=O) groups excluding carboxylic acids is 1. The summed E-state index contributed by atoms with van der Waals surface area (Å²) in [4.78, 5) is 17.9. The van der Waals surface area contributed by atoms with E-state index in [1.807, 2.05) is 30.3 Å². The summed E-state index contributed by atoms with van der Waals surface area (Å²) in [5.41, 5.74) is 1.04. The van der Waals surface area contributed by atoms with Gasteiger partial charge in [-0.25, -0.2) is 4.98 Å². The molecular weight excluding hydrogens is 385 g/mol. The van der Waals surface area contributed by atoms with E-state index in [1.165, 1.54) is 21.8 Å². The number of benzene rings is 1. The second-order valence-corrected chi connectivity index (χ2v) is 6.71. The summed E-state index contributed by atoms with van der Waals surface area (Å²) < 4.78 is 46.0. The van der Waals surface area contributed by atoms with E-state index in [-0.39, 0.29) is 19.0 Å². The number of rotatable bonds is 4. The lowest BCUT2D eigenvalue weighted by molar-refractivity contribution is -0.140. The Morgan fingerprint density at radius 3 is 2.55 bits per heavy atom. The number of alkyl halides is 3. The molecule has 1 aliphatic rings. The molecule has 0 atom stereocenters. The molecule has 29 heavy (non-hydrogen) atoms. The number of hydrogen-bond acceptors (Lipinski definition) is 4. The van der Waals surface area contributed by atoms with Crippen LogP contribution in [-0.4, -0.2) is 44.8 Å². The molecule has 3 aromatic rings. The maximum Gasteiger partial charge on any atom is 0.421 e. The number of carbonyl (C=O) groups is 1. The molecule has 6 nitrogen and oxygen atoms in total. The molecule has 0 N–H and O–H groups in total. The highest BCUT2D eigenvalue weighted by atomic mass is 19.4. The summed E-state index contributed by atoms with van der Waals surface area (Å²) >= 11 is 0. The van der Waals surface area contributed by atoms with Crippen LogP contribution in [0.2, 0.25) is 0 Å². The summed E-state index contributed by atoms with van der Waals surface area (Å²) in [7, 11) is 1.68. The average Bonchev–Trinajstić information content (AvgIpc) is 3.06. The molecule has 0 saturated carbocycles. The normalized spacial score (nSPS) is 14.6. The van der Waals surface area contributed by atoms with Gasteiger partial charge >= 0.3 is 6.18 Å². The smallest absolute Gasteiger partial charge is 0.421 e. The van der Waals surface area contributed by atoms with Crippen LogP contribution in [0.1, 0.15) is 16.1 Å². The SMILES string of the molecule is Cn1nc(-c2ccccc2)cc1C(=O)N1CC(Oc2ncccc2C(F)(F)F)C1. The maximum atomic E-state index is 13.0. The van der Waals surface area contributed by atoms with Gasteiger partial charge in [-0.3, -0.25) is 9.48 Å². The minimum Gasteiger partial charge on any atom is -0.470 e. The lowest BCUT2D eigenvalue weighted by atomic mass is 10.1. The number of nitrogens with zero attached hydrogens (tertiary/aromatic N) is 4. The van der Waals surface area contributed by atoms with Gasteiger partial charge in [0.15, 0.2) is 0 Å². The Labute approximate surface area is 164 Å². The molecule has 0 aliphatic carbocycles. The highest BCUT2D eigenvalue weighted by molar-refractivity contribution is 5.94. The lowest BCUT2D eigenvalue weighted by Gasteiger charge is -2.38. The molecule has 1 aromatic carbocycles. The molecule has 0 bridgehead atoms. The van der Waals surface area contributed by atoms with Crippen LogP contribution in [0.25, 0.3) is 11.3 Å². The number of halogens is 3. The molecule has 3 heterocycles. The number of pyridine rings is 1. The van der Waals surface area contributed by atoms with Crippen LogP contribution in [0.3, 0.4) is 0 Å². The number of likely N-dealkylation sites (tertiary alicyclic amines) is 1. The number of aryl methyl sites for hydroxylation is 1. The zero-order chi connectivity index (χ0) is 20.6. The molecule has 0 radical (unpaired) electrons. The minimum atomic E-state index is -4.55. The summed E-state index contributed by atoms with van der Waals surface area (Å²) in [5, 5.41) is 4.37. The number of amides is 1. The van der Waals surface area contributed by atoms with Crippen molar-refractivity contribution < 1.29 is 22.7 Å². The Balaban J connectivity index is 1.42. The number of aromatic nitrogens is 3. The van der Waals surface area contributed by atoms with Gasteiger partial charge in [0.25, 0.3) is 5.91 Å². The van der Waals surface area contributed by atoms with Gasteiger partial charge in [-0.15, -0.1) is 0 Å². The molecule has 1 amide bonds. The number of hydrogen-bond donors (Lipinski definition) is 0. The standard InChI is InChI=1S/C20H17F3N4O2/c1-26-17(10-16(25-26)13-6-3-2-4-7-13)19(28)27-11-14(12-27)29-18-15(20(21,22)23)8-5-9-24-18/h2-10,14H,11-12H2,1H3. The molecule has 1 aliphatic heterocycles. The molecule has 0 unspecified atom stereocenters. The van der Waals surface area contributed by atoms with Crippen LogP contribution in [0.4, 0.5) is 13.2 Å². The number of ether oxygens (including phenoxy) is 1. The molecule has 0 spiro atoms. The van der Waals surface area contributed by atoms with Gasteiger partial charge in [0.1, 0.15) is 17.4 Å². The van der Waals surface area contributed by atoms with Crippen molar-refractivity contribution in [1.29, 1.82) is 0 Å². The van der Waals surface area contributed by atoms with Gasteiger partial charge in [0.2, 0.25) is 5.88 Å². The molecule has 150 valence electrons. The van der Waals surface area contributed by atoms with E-state index in [2.05, 4.69) is 10.1 Å². The predicted molar refractivity (Wildman–Crippen MR) is 98.2 cm³/mol. The third-order valence-corrected chi connectivity index (χ3v) is 4.66. The van der Waals surface area contributed by atoms with Gasteiger partial charge in [0.05, 0.1) is 18.8 Å². The Morgan fingerprint density at radius 2 is 1.86 bits per heavy atom. The van der Waals surface area contributed by atoms with Crippen LogP contribution in [0.5, 0.6) is 5.88 Å². The fraction of sp³-hybridized carbons (Fsp3) is 0.250. The molecule has 1 saturated heterocycles. The zero-order valence-electron chi connectivity index (χ0n) is 15.4. The van der Waals surface area contributed by atoms with Crippen molar-refractivity contribution in [3.8, 4) is 17.1 Å². The van der Waals surface area contributed by atoms with Crippen molar-refractivity contribution in [3.63, 3.8) is 0 Å². The lowest BCUT2D eigenvalue weighted by Crippen LogP contribution is -2.56. The average molecular weight is 402 g/mol. The summed E-state index contributed by atoms with van der Waals surface area (Å²) in [6.07, 6.45) is -3.85. The van der Waals surface area contributed by atoms with Crippen molar-refractivity contribution in [1.82, 2.24) is 19.7 Å². The van der Waals surface area contributed by atoms with Crippen molar-refractivity contribution in [3.05, 3.63) is 66.0 Å². The molecule has 9 heteroatoms. The highest BCUT2D eigenvalue weighted by Gasteiger charge is 2.39. The Morgan fingerprint density at radius 1 is 1.14 bits per heavy atom. The monoisotopic (exact) mass is 402 g/mol. The predicted octanol–water partition coefficient (Wildman–Crippen LogP) is 3.40. The second-order valence-electron chi connectivity index (χ2n) is 6.71. The molecular formula is C20H17F3N4O2. The zero-order valence-corrected chi connectivity index (χ0v) is 15.4. The Bertz CT molecular complexity index is 1030. The fourth-order valence-electron chi connectivity index (χ4n) is 3.12. The van der Waals surface area contributed by atoms with Crippen LogP contribution < -0.4 is 4.74 Å². The largest absolute Gasteiger partial charge is 0.470 e. The quantitative estimate of drug-likeness (QED) is 0.671. The second kappa shape index (κ2) is 7.23. The van der Waals surface area contributed by atoms with Crippen molar-refractivity contribution in [2.24, 2.45) is 7.05 Å². The van der Waals surface area contributed by atoms with Crippen molar-refractivity contribution >= 4 is 5.91 Å². The van der Waals surface area contributed by atoms with E-state index in [0.29, 0.717) is 11.4 Å². The summed E-state index contributed by atoms with van der Waals surface area (Å²) in [6, 6.07) is 13.3. The first-order valence-electron chi connectivity index (χ1n) is 8.90. The first-order valence-corrected chi connectivity index (χ1v) is 8.90. The van der Waals surface area contributed by atoms with Crippen molar-refractivity contribution in [2.75, 3.05) is 13.1 Å². The maximum absolute atomic E-state index is 13.0. The van der Waals surface area contributed by atoms with Gasteiger partial charge < -0.3 is 9.64 Å². The van der Waals surface area contributed by atoms with Crippen LogP contribution in [0, 0.1) is 0 Å². The van der Waals surface area contributed by atoms with Crippen LogP contribution in [0.15, 0.2) is 54.7 Å². The fourth-order valence-corrected chi connectivity index (χ4v) is 3.12. The topological polar surface area (TPSA) is 60.2 Å². The molecule has 1 fully saturated rings. The van der Waals surface area contributed by atoms with E-state index in [1.54, 1.807) is 13.1 Å². The van der Waals surface area contributed by atoms with Crippen LogP contribution >= 0.6 is 0 Å². The summed E-state index contributed by atoms with van der Waals surface area (Å²) in [5.74, 6) is -0.719. The van der Waals surface area contributed by atoms with Crippen molar-refractivity contribution in [2.45, 2.75) is 12.3 Å². The highest BCUT2D eigenvalue weighted by Crippen LogP contribution is 2.35. The van der Waals surface area contributed by atoms with E-state index < -0.39 is 23.7 Å². The Kier molecular flexibility index (Phi) is 4.73. The van der Waals surface area contributed by atoms with E-state index in [4.69, 9.17) is 4.74 Å². The molecule has 4 rings (SSSR count). The van der Waals surface area contributed by atoms with Gasteiger partial charge in [-0.1, -0.05) is 30.3 Å². The summed E-state index contributed by atoms with van der Waals surface area (Å²) in [6.45, 7) is 0.358. The first kappa shape index (κ1) is 19.0. The van der Waals surface area contributed by atoms with Gasteiger partial charge in [-0.05, 0) is 18.2 Å². The third kappa shape index (κ3) is 3.80. The third-order valence-electron chi connectivity index (χ3n) is 4.66. The first-order chi connectivity index (χ1) is 13.8. The van der Waals surface area contributed by atoms with Gasteiger partial charge in [0, 0.05) is 18.8 Å². The van der Waals surface area contributed by atoms with E-state index in [0.717, 1.165) is 11.6 Å². The van der Waals surface area contributed by atoms with Gasteiger partial charge in [-0.2, -0.15) is 18.3 Å².